The molecular formula is C13H17N5O. The summed E-state index contributed by atoms with van der Waals surface area (Å²) < 4.78 is 1.40. The maximum atomic E-state index is 11.9. The van der Waals surface area contributed by atoms with E-state index in [9.17, 15) is 4.79 Å². The maximum Gasteiger partial charge on any atom is 0.269 e. The van der Waals surface area contributed by atoms with Gasteiger partial charge < -0.3 is 10.2 Å². The van der Waals surface area contributed by atoms with Crippen molar-refractivity contribution in [3.8, 4) is 0 Å². The molecule has 0 fully saturated rings. The predicted molar refractivity (Wildman–Crippen MR) is 75.7 cm³/mol. The van der Waals surface area contributed by atoms with E-state index in [1.807, 2.05) is 38.2 Å². The molecule has 0 saturated heterocycles. The zero-order valence-corrected chi connectivity index (χ0v) is 11.3. The molecule has 6 heteroatoms. The fourth-order valence-electron chi connectivity index (χ4n) is 1.66. The normalized spacial score (nSPS) is 10.3. The van der Waals surface area contributed by atoms with E-state index < -0.39 is 0 Å². The summed E-state index contributed by atoms with van der Waals surface area (Å²) in [6, 6.07) is 5.33. The quantitative estimate of drug-likeness (QED) is 0.879. The molecule has 1 N–H and O–H groups in total. The molecule has 0 amide bonds. The van der Waals surface area contributed by atoms with Crippen LogP contribution < -0.4 is 15.8 Å². The summed E-state index contributed by atoms with van der Waals surface area (Å²) in [5.74, 6) is 0. The van der Waals surface area contributed by atoms with Gasteiger partial charge in [-0.05, 0) is 12.1 Å². The van der Waals surface area contributed by atoms with Gasteiger partial charge in [-0.3, -0.25) is 9.78 Å². The van der Waals surface area contributed by atoms with Gasteiger partial charge in [-0.2, -0.15) is 5.10 Å². The van der Waals surface area contributed by atoms with E-state index in [2.05, 4.69) is 15.4 Å². The van der Waals surface area contributed by atoms with Crippen molar-refractivity contribution in [2.24, 2.45) is 0 Å². The van der Waals surface area contributed by atoms with Crippen LogP contribution >= 0.6 is 0 Å². The van der Waals surface area contributed by atoms with Crippen LogP contribution in [0.5, 0.6) is 0 Å². The van der Waals surface area contributed by atoms with Gasteiger partial charge in [0.15, 0.2) is 0 Å². The molecule has 2 rings (SSSR count). The molecule has 0 saturated carbocycles. The average molecular weight is 259 g/mol. The molecule has 0 aromatic carbocycles. The summed E-state index contributed by atoms with van der Waals surface area (Å²) in [5.41, 5.74) is 2.41. The van der Waals surface area contributed by atoms with E-state index >= 15 is 0 Å². The Morgan fingerprint density at radius 3 is 2.79 bits per heavy atom. The summed E-state index contributed by atoms with van der Waals surface area (Å²) in [4.78, 5) is 18.0. The second-order valence-electron chi connectivity index (χ2n) is 4.39. The van der Waals surface area contributed by atoms with E-state index in [1.165, 1.54) is 4.68 Å². The van der Waals surface area contributed by atoms with E-state index in [1.54, 1.807) is 18.5 Å². The Balaban J connectivity index is 2.26. The van der Waals surface area contributed by atoms with Gasteiger partial charge >= 0.3 is 0 Å². The minimum absolute atomic E-state index is 0.136. The average Bonchev–Trinajstić information content (AvgIpc) is 2.41. The Hall–Kier alpha value is -2.37. The standard InChI is InChI=1S/C13H17N5O/c1-14-10-4-5-15-11(6-10)9-18-13(19)7-12(8-16-18)17(2)3/h4-8H,9H2,1-3H3,(H,14,15). The highest BCUT2D eigenvalue weighted by atomic mass is 16.1. The number of hydrogen-bond acceptors (Lipinski definition) is 5. The minimum atomic E-state index is -0.136. The van der Waals surface area contributed by atoms with Crippen LogP contribution in [0.25, 0.3) is 0 Å². The summed E-state index contributed by atoms with van der Waals surface area (Å²) >= 11 is 0. The van der Waals surface area contributed by atoms with Crippen LogP contribution in [-0.2, 0) is 6.54 Å². The van der Waals surface area contributed by atoms with Crippen LogP contribution in [0.4, 0.5) is 11.4 Å². The van der Waals surface area contributed by atoms with Crippen LogP contribution in [0.1, 0.15) is 5.69 Å². The van der Waals surface area contributed by atoms with Gasteiger partial charge in [0.2, 0.25) is 0 Å². The third-order valence-corrected chi connectivity index (χ3v) is 2.79. The number of nitrogens with zero attached hydrogens (tertiary/aromatic N) is 4. The lowest BCUT2D eigenvalue weighted by Crippen LogP contribution is -2.25. The van der Waals surface area contributed by atoms with E-state index in [-0.39, 0.29) is 5.56 Å². The molecule has 6 nitrogen and oxygen atoms in total. The Morgan fingerprint density at radius 2 is 2.16 bits per heavy atom. The first-order chi connectivity index (χ1) is 9.10. The topological polar surface area (TPSA) is 63.1 Å². The molecule has 0 atom stereocenters. The van der Waals surface area contributed by atoms with Crippen molar-refractivity contribution in [2.45, 2.75) is 6.54 Å². The molecule has 0 aliphatic carbocycles. The largest absolute Gasteiger partial charge is 0.388 e. The predicted octanol–water partition coefficient (Wildman–Crippen LogP) is 0.794. The van der Waals surface area contributed by atoms with E-state index in [0.29, 0.717) is 6.54 Å². The molecule has 0 aliphatic rings. The second-order valence-corrected chi connectivity index (χ2v) is 4.39. The minimum Gasteiger partial charge on any atom is -0.388 e. The number of rotatable bonds is 4. The highest BCUT2D eigenvalue weighted by Gasteiger charge is 2.04. The Kier molecular flexibility index (Phi) is 3.79. The Labute approximate surface area is 111 Å². The lowest BCUT2D eigenvalue weighted by Gasteiger charge is -2.12. The molecule has 0 aliphatic heterocycles. The van der Waals surface area contributed by atoms with E-state index in [0.717, 1.165) is 17.1 Å². The molecule has 0 radical (unpaired) electrons. The lowest BCUT2D eigenvalue weighted by atomic mass is 10.3. The zero-order chi connectivity index (χ0) is 13.8. The smallest absolute Gasteiger partial charge is 0.269 e. The lowest BCUT2D eigenvalue weighted by molar-refractivity contribution is 0.627. The van der Waals surface area contributed by atoms with Crippen LogP contribution in [0, 0.1) is 0 Å². The molecule has 0 unspecified atom stereocenters. The first-order valence-electron chi connectivity index (χ1n) is 5.97. The molecule has 0 bridgehead atoms. The van der Waals surface area contributed by atoms with E-state index in [4.69, 9.17) is 0 Å². The van der Waals surface area contributed by atoms with Crippen molar-refractivity contribution in [3.63, 3.8) is 0 Å². The summed E-state index contributed by atoms with van der Waals surface area (Å²) in [7, 11) is 5.59. The SMILES string of the molecule is CNc1ccnc(Cn2ncc(N(C)C)cc2=O)c1. The molecule has 2 heterocycles. The summed E-state index contributed by atoms with van der Waals surface area (Å²) in [6.45, 7) is 0.363. The van der Waals surface area contributed by atoms with Crippen molar-refractivity contribution in [2.75, 3.05) is 31.4 Å². The van der Waals surface area contributed by atoms with Crippen molar-refractivity contribution in [3.05, 3.63) is 46.6 Å². The van der Waals surface area contributed by atoms with Gasteiger partial charge in [0.25, 0.3) is 5.56 Å². The monoisotopic (exact) mass is 259 g/mol. The van der Waals surface area contributed by atoms with Gasteiger partial charge in [-0.25, -0.2) is 4.68 Å². The van der Waals surface area contributed by atoms with Crippen molar-refractivity contribution in [1.29, 1.82) is 0 Å². The molecule has 19 heavy (non-hydrogen) atoms. The second kappa shape index (κ2) is 5.51. The fraction of sp³-hybridized carbons (Fsp3) is 0.308. The zero-order valence-electron chi connectivity index (χ0n) is 11.3. The van der Waals surface area contributed by atoms with Crippen molar-refractivity contribution in [1.82, 2.24) is 14.8 Å². The van der Waals surface area contributed by atoms with Gasteiger partial charge in [0, 0.05) is 39.1 Å². The highest BCUT2D eigenvalue weighted by molar-refractivity contribution is 5.42. The number of anilines is 2. The fourth-order valence-corrected chi connectivity index (χ4v) is 1.66. The van der Waals surface area contributed by atoms with Gasteiger partial charge in [0.1, 0.15) is 0 Å². The summed E-state index contributed by atoms with van der Waals surface area (Å²) in [6.07, 6.45) is 3.38. The number of nitrogens with one attached hydrogen (secondary N) is 1. The number of hydrogen-bond donors (Lipinski definition) is 1. The summed E-state index contributed by atoms with van der Waals surface area (Å²) in [5, 5.41) is 7.19. The van der Waals surface area contributed by atoms with Crippen LogP contribution in [0.2, 0.25) is 0 Å². The third-order valence-electron chi connectivity index (χ3n) is 2.79. The molecular weight excluding hydrogens is 242 g/mol. The van der Waals surface area contributed by atoms with Gasteiger partial charge in [-0.15, -0.1) is 0 Å². The Bertz CT molecular complexity index is 620. The molecule has 0 spiro atoms. The first kappa shape index (κ1) is 13.1. The molecule has 2 aromatic rings. The van der Waals surface area contributed by atoms with Crippen LogP contribution in [-0.4, -0.2) is 35.9 Å². The number of pyridine rings is 1. The van der Waals surface area contributed by atoms with Gasteiger partial charge in [0.05, 0.1) is 24.1 Å². The van der Waals surface area contributed by atoms with Gasteiger partial charge in [-0.1, -0.05) is 0 Å². The molecule has 2 aromatic heterocycles. The number of aromatic nitrogens is 3. The maximum absolute atomic E-state index is 11.9. The first-order valence-corrected chi connectivity index (χ1v) is 5.97. The third kappa shape index (κ3) is 3.09. The van der Waals surface area contributed by atoms with Crippen molar-refractivity contribution < 1.29 is 0 Å². The van der Waals surface area contributed by atoms with Crippen LogP contribution in [0.15, 0.2) is 35.4 Å². The van der Waals surface area contributed by atoms with Crippen molar-refractivity contribution >= 4 is 11.4 Å². The highest BCUT2D eigenvalue weighted by Crippen LogP contribution is 2.08. The van der Waals surface area contributed by atoms with Crippen LogP contribution in [0.3, 0.4) is 0 Å². The Morgan fingerprint density at radius 1 is 1.37 bits per heavy atom. The molecule has 100 valence electrons.